The second-order valence-electron chi connectivity index (χ2n) is 6.15. The molecule has 0 N–H and O–H groups in total. The van der Waals surface area contributed by atoms with E-state index >= 15 is 0 Å². The lowest BCUT2D eigenvalue weighted by molar-refractivity contribution is -0.209. The molecule has 2 aliphatic heterocycles. The van der Waals surface area contributed by atoms with Crippen LogP contribution in [0.5, 0.6) is 0 Å². The van der Waals surface area contributed by atoms with Gasteiger partial charge in [0, 0.05) is 52.4 Å². The highest BCUT2D eigenvalue weighted by Crippen LogP contribution is 2.30. The smallest absolute Gasteiger partial charge is 0.229 e. The van der Waals surface area contributed by atoms with Gasteiger partial charge in [0.25, 0.3) is 0 Å². The summed E-state index contributed by atoms with van der Waals surface area (Å²) in [5, 5.41) is 0. The second kappa shape index (κ2) is 9.31. The Kier molecular flexibility index (Phi) is 8.38. The van der Waals surface area contributed by atoms with E-state index in [0.717, 1.165) is 12.8 Å². The highest BCUT2D eigenvalue weighted by molar-refractivity contribution is 4.80. The van der Waals surface area contributed by atoms with E-state index in [1.54, 1.807) is 13.8 Å². The summed E-state index contributed by atoms with van der Waals surface area (Å²) in [7, 11) is 0. The van der Waals surface area contributed by atoms with Crippen molar-refractivity contribution < 1.29 is 17.6 Å². The molecule has 2 rings (SSSR count). The maximum atomic E-state index is 13.5. The van der Waals surface area contributed by atoms with Gasteiger partial charge in [-0.3, -0.25) is 0 Å². The third-order valence-corrected chi connectivity index (χ3v) is 4.55. The van der Waals surface area contributed by atoms with Gasteiger partial charge in [-0.1, -0.05) is 27.7 Å². The van der Waals surface area contributed by atoms with Crippen LogP contribution in [0, 0.1) is 0 Å². The summed E-state index contributed by atoms with van der Waals surface area (Å²) in [4.78, 5) is 4.92. The SMILES string of the molecule is CCCN1CCN(CCC)C1(F)F.CCN1CCN(CC)C1(F)F. The highest BCUT2D eigenvalue weighted by Gasteiger charge is 2.48. The average Bonchev–Trinajstić information content (AvgIpc) is 2.97. The Morgan fingerprint density at radius 1 is 0.583 bits per heavy atom. The van der Waals surface area contributed by atoms with Crippen molar-refractivity contribution in [2.24, 2.45) is 0 Å². The molecule has 0 bridgehead atoms. The van der Waals surface area contributed by atoms with E-state index < -0.39 is 12.3 Å². The van der Waals surface area contributed by atoms with Crippen LogP contribution in [-0.2, 0) is 0 Å². The van der Waals surface area contributed by atoms with E-state index in [1.165, 1.54) is 19.6 Å². The third kappa shape index (κ3) is 4.80. The van der Waals surface area contributed by atoms with Gasteiger partial charge in [0.15, 0.2) is 0 Å². The van der Waals surface area contributed by atoms with Crippen molar-refractivity contribution in [3.05, 3.63) is 0 Å². The van der Waals surface area contributed by atoms with Crippen LogP contribution in [-0.4, -0.2) is 84.3 Å². The molecule has 0 saturated carbocycles. The van der Waals surface area contributed by atoms with E-state index in [2.05, 4.69) is 0 Å². The molecular formula is C16H32F4N4. The summed E-state index contributed by atoms with van der Waals surface area (Å²) in [5.74, 6) is 0. The van der Waals surface area contributed by atoms with Crippen LogP contribution in [0.2, 0.25) is 0 Å². The molecule has 2 saturated heterocycles. The molecular weight excluding hydrogens is 324 g/mol. The van der Waals surface area contributed by atoms with Crippen LogP contribution in [0.15, 0.2) is 0 Å². The van der Waals surface area contributed by atoms with Crippen LogP contribution in [0.3, 0.4) is 0 Å². The van der Waals surface area contributed by atoms with Gasteiger partial charge in [-0.25, -0.2) is 19.6 Å². The maximum absolute atomic E-state index is 13.5. The second-order valence-corrected chi connectivity index (χ2v) is 6.15. The van der Waals surface area contributed by atoms with E-state index in [9.17, 15) is 17.6 Å². The molecule has 0 aliphatic carbocycles. The Morgan fingerprint density at radius 3 is 1.12 bits per heavy atom. The molecule has 2 aliphatic rings. The third-order valence-electron chi connectivity index (χ3n) is 4.55. The molecule has 0 aromatic heterocycles. The fraction of sp³-hybridized carbons (Fsp3) is 1.00. The Hall–Kier alpha value is -0.440. The number of nitrogens with zero attached hydrogens (tertiary/aromatic N) is 4. The van der Waals surface area contributed by atoms with Crippen LogP contribution in [0.25, 0.3) is 0 Å². The zero-order chi connectivity index (χ0) is 18.4. The van der Waals surface area contributed by atoms with Crippen LogP contribution in [0.1, 0.15) is 40.5 Å². The lowest BCUT2D eigenvalue weighted by Crippen LogP contribution is -2.46. The molecule has 4 nitrogen and oxygen atoms in total. The lowest BCUT2D eigenvalue weighted by atomic mass is 10.4. The van der Waals surface area contributed by atoms with Gasteiger partial charge in [-0.15, -0.1) is 0 Å². The first-order valence-electron chi connectivity index (χ1n) is 9.01. The minimum Gasteiger partial charge on any atom is -0.229 e. The standard InChI is InChI=1S/C9H18F2N2.C7H14F2N2/c1-3-5-12-7-8-13(6-4-2)9(12,10)11;1-3-10-5-6-11(4-2)7(10,8)9/h3-8H2,1-2H3;3-6H2,1-2H3. The fourth-order valence-electron chi connectivity index (χ4n) is 3.15. The van der Waals surface area contributed by atoms with Crippen molar-refractivity contribution in [2.45, 2.75) is 52.9 Å². The Balaban J connectivity index is 0.000000243. The van der Waals surface area contributed by atoms with Gasteiger partial charge >= 0.3 is 12.3 Å². The van der Waals surface area contributed by atoms with Crippen molar-refractivity contribution in [3.8, 4) is 0 Å². The van der Waals surface area contributed by atoms with E-state index in [0.29, 0.717) is 52.4 Å². The summed E-state index contributed by atoms with van der Waals surface area (Å²) in [6.07, 6.45) is -3.83. The first kappa shape index (κ1) is 21.6. The molecule has 0 amide bonds. The Labute approximate surface area is 143 Å². The van der Waals surface area contributed by atoms with Crippen molar-refractivity contribution in [1.82, 2.24) is 19.6 Å². The van der Waals surface area contributed by atoms with Crippen LogP contribution >= 0.6 is 0 Å². The van der Waals surface area contributed by atoms with E-state index in [-0.39, 0.29) is 0 Å². The minimum absolute atomic E-state index is 0.420. The minimum atomic E-state index is -2.70. The predicted octanol–water partition coefficient (Wildman–Crippen LogP) is 3.17. The topological polar surface area (TPSA) is 13.0 Å². The average molecular weight is 356 g/mol. The van der Waals surface area contributed by atoms with E-state index in [1.807, 2.05) is 13.8 Å². The van der Waals surface area contributed by atoms with Crippen LogP contribution in [0.4, 0.5) is 17.6 Å². The van der Waals surface area contributed by atoms with Crippen LogP contribution < -0.4 is 0 Å². The normalized spacial score (nSPS) is 25.0. The number of rotatable bonds is 6. The molecule has 0 aromatic carbocycles. The quantitative estimate of drug-likeness (QED) is 0.535. The largest absolute Gasteiger partial charge is 0.369 e. The number of alkyl halides is 4. The van der Waals surface area contributed by atoms with E-state index in [4.69, 9.17) is 0 Å². The number of hydrogen-bond acceptors (Lipinski definition) is 4. The molecule has 0 radical (unpaired) electrons. The summed E-state index contributed by atoms with van der Waals surface area (Å²) in [6, 6.07) is 0. The zero-order valence-corrected chi connectivity index (χ0v) is 15.4. The summed E-state index contributed by atoms with van der Waals surface area (Å²) in [5.41, 5.74) is 0. The molecule has 0 spiro atoms. The van der Waals surface area contributed by atoms with Gasteiger partial charge in [0.05, 0.1) is 0 Å². The Bertz CT molecular complexity index is 338. The van der Waals surface area contributed by atoms with Crippen molar-refractivity contribution in [2.75, 3.05) is 52.4 Å². The molecule has 0 aromatic rings. The van der Waals surface area contributed by atoms with Crippen molar-refractivity contribution in [3.63, 3.8) is 0 Å². The molecule has 0 atom stereocenters. The van der Waals surface area contributed by atoms with Gasteiger partial charge in [-0.2, -0.15) is 17.6 Å². The number of likely N-dealkylation sites (N-methyl/N-ethyl adjacent to an activating group) is 2. The monoisotopic (exact) mass is 356 g/mol. The highest BCUT2D eigenvalue weighted by atomic mass is 19.3. The van der Waals surface area contributed by atoms with Gasteiger partial charge in [0.1, 0.15) is 0 Å². The predicted molar refractivity (Wildman–Crippen MR) is 88.1 cm³/mol. The van der Waals surface area contributed by atoms with Crippen molar-refractivity contribution >= 4 is 0 Å². The first-order chi connectivity index (χ1) is 11.2. The number of halogens is 4. The molecule has 2 heterocycles. The fourth-order valence-corrected chi connectivity index (χ4v) is 3.15. The summed E-state index contributed by atoms with van der Waals surface area (Å²) < 4.78 is 53.2. The molecule has 8 heteroatoms. The lowest BCUT2D eigenvalue weighted by Gasteiger charge is -2.28. The zero-order valence-electron chi connectivity index (χ0n) is 15.4. The molecule has 0 unspecified atom stereocenters. The molecule has 24 heavy (non-hydrogen) atoms. The first-order valence-corrected chi connectivity index (χ1v) is 9.01. The maximum Gasteiger partial charge on any atom is 0.369 e. The summed E-state index contributed by atoms with van der Waals surface area (Å²) in [6.45, 7) is 11.2. The van der Waals surface area contributed by atoms with Gasteiger partial charge in [0.2, 0.25) is 0 Å². The molecule has 144 valence electrons. The van der Waals surface area contributed by atoms with Gasteiger partial charge < -0.3 is 0 Å². The van der Waals surface area contributed by atoms with Crippen molar-refractivity contribution in [1.29, 1.82) is 0 Å². The number of hydrogen-bond donors (Lipinski definition) is 0. The van der Waals surface area contributed by atoms with Gasteiger partial charge in [-0.05, 0) is 12.8 Å². The Morgan fingerprint density at radius 2 is 0.875 bits per heavy atom. The summed E-state index contributed by atoms with van der Waals surface area (Å²) >= 11 is 0. The molecule has 2 fully saturated rings.